The Balaban J connectivity index is -0.000000376. The van der Waals surface area contributed by atoms with E-state index >= 15 is 0 Å². The highest BCUT2D eigenvalue weighted by Gasteiger charge is 1.96. The van der Waals surface area contributed by atoms with Crippen LogP contribution in [0.1, 0.15) is 67.2 Å². The minimum absolute atomic E-state index is 0.207. The van der Waals surface area contributed by atoms with E-state index in [0.717, 1.165) is 18.6 Å². The van der Waals surface area contributed by atoms with Gasteiger partial charge in [0.05, 0.1) is 0 Å². The van der Waals surface area contributed by atoms with Crippen molar-refractivity contribution in [2.75, 3.05) is 5.75 Å². The summed E-state index contributed by atoms with van der Waals surface area (Å²) >= 11 is 1.39. The SMILES string of the molecule is C=C(CCCC)CCSC(C)=O.CC.CC. The van der Waals surface area contributed by atoms with Crippen molar-refractivity contribution < 1.29 is 4.79 Å². The monoisotopic (exact) mass is 246 g/mol. The minimum Gasteiger partial charge on any atom is -0.288 e. The molecule has 98 valence electrons. The average molecular weight is 246 g/mol. The van der Waals surface area contributed by atoms with E-state index in [1.807, 2.05) is 27.7 Å². The largest absolute Gasteiger partial charge is 0.288 e. The smallest absolute Gasteiger partial charge is 0.185 e. The molecule has 0 rings (SSSR count). The summed E-state index contributed by atoms with van der Waals surface area (Å²) in [6.45, 7) is 15.8. The van der Waals surface area contributed by atoms with Gasteiger partial charge in [-0.1, -0.05) is 65.0 Å². The predicted octanol–water partition coefficient (Wildman–Crippen LogP) is 5.46. The first-order valence-corrected chi connectivity index (χ1v) is 7.45. The summed E-state index contributed by atoms with van der Waals surface area (Å²) < 4.78 is 0. The molecule has 0 atom stereocenters. The first-order valence-electron chi connectivity index (χ1n) is 6.46. The molecular weight excluding hydrogens is 216 g/mol. The van der Waals surface area contributed by atoms with E-state index in [9.17, 15) is 4.79 Å². The zero-order valence-corrected chi connectivity index (χ0v) is 12.9. The van der Waals surface area contributed by atoms with Crippen LogP contribution in [0.4, 0.5) is 0 Å². The maximum atomic E-state index is 10.6. The third-order valence-corrected chi connectivity index (χ3v) is 2.46. The molecule has 0 aliphatic rings. The van der Waals surface area contributed by atoms with Gasteiger partial charge in [-0.2, -0.15) is 0 Å². The Kier molecular flexibility index (Phi) is 26.6. The maximum absolute atomic E-state index is 10.6. The molecule has 0 aliphatic carbocycles. The van der Waals surface area contributed by atoms with E-state index in [1.165, 1.54) is 30.2 Å². The van der Waals surface area contributed by atoms with Gasteiger partial charge in [0.2, 0.25) is 0 Å². The van der Waals surface area contributed by atoms with E-state index in [-0.39, 0.29) is 5.12 Å². The minimum atomic E-state index is 0.207. The topological polar surface area (TPSA) is 17.1 Å². The number of allylic oxidation sites excluding steroid dienone is 1. The summed E-state index contributed by atoms with van der Waals surface area (Å²) in [5, 5.41) is 0.207. The van der Waals surface area contributed by atoms with Gasteiger partial charge >= 0.3 is 0 Å². The highest BCUT2D eigenvalue weighted by Crippen LogP contribution is 2.13. The summed E-state index contributed by atoms with van der Waals surface area (Å²) in [5.74, 6) is 0.901. The van der Waals surface area contributed by atoms with Crippen molar-refractivity contribution in [1.82, 2.24) is 0 Å². The molecular formula is C14H30OS. The van der Waals surface area contributed by atoms with Crippen molar-refractivity contribution in [3.05, 3.63) is 12.2 Å². The van der Waals surface area contributed by atoms with Gasteiger partial charge in [-0.05, 0) is 19.3 Å². The highest BCUT2D eigenvalue weighted by atomic mass is 32.2. The van der Waals surface area contributed by atoms with Crippen LogP contribution in [0.15, 0.2) is 12.2 Å². The number of carbonyl (C=O) groups is 1. The lowest BCUT2D eigenvalue weighted by Gasteiger charge is -2.02. The van der Waals surface area contributed by atoms with Crippen molar-refractivity contribution >= 4 is 16.9 Å². The predicted molar refractivity (Wildman–Crippen MR) is 79.1 cm³/mol. The van der Waals surface area contributed by atoms with Gasteiger partial charge in [0.15, 0.2) is 5.12 Å². The Hall–Kier alpha value is -0.240. The number of rotatable bonds is 6. The number of hydrogen-bond acceptors (Lipinski definition) is 2. The van der Waals surface area contributed by atoms with Gasteiger partial charge in [0.25, 0.3) is 0 Å². The summed E-state index contributed by atoms with van der Waals surface area (Å²) in [4.78, 5) is 10.6. The summed E-state index contributed by atoms with van der Waals surface area (Å²) in [7, 11) is 0. The molecule has 0 unspecified atom stereocenters. The zero-order chi connectivity index (χ0) is 13.4. The fourth-order valence-corrected chi connectivity index (χ4v) is 1.57. The molecule has 1 nitrogen and oxygen atoms in total. The number of hydrogen-bond donors (Lipinski definition) is 0. The molecule has 0 N–H and O–H groups in total. The summed E-state index contributed by atoms with van der Waals surface area (Å²) in [6, 6.07) is 0. The van der Waals surface area contributed by atoms with Crippen molar-refractivity contribution in [2.24, 2.45) is 0 Å². The molecule has 2 heteroatoms. The highest BCUT2D eigenvalue weighted by molar-refractivity contribution is 8.13. The normalized spacial score (nSPS) is 8.12. The van der Waals surface area contributed by atoms with Crippen molar-refractivity contribution in [3.63, 3.8) is 0 Å². The van der Waals surface area contributed by atoms with Crippen LogP contribution in [0.3, 0.4) is 0 Å². The standard InChI is InChI=1S/C10H18OS.2C2H6/c1-4-5-6-9(2)7-8-12-10(3)11;2*1-2/h2,4-8H2,1,3H3;2*1-2H3. The molecule has 0 saturated carbocycles. The van der Waals surface area contributed by atoms with Gasteiger partial charge in [-0.3, -0.25) is 4.79 Å². The van der Waals surface area contributed by atoms with Crippen LogP contribution in [0.5, 0.6) is 0 Å². The second-order valence-corrected chi connectivity index (χ2v) is 4.22. The Bertz CT molecular complexity index is 153. The zero-order valence-electron chi connectivity index (χ0n) is 12.1. The van der Waals surface area contributed by atoms with Gasteiger partial charge in [-0.15, -0.1) is 0 Å². The third-order valence-electron chi connectivity index (χ3n) is 1.64. The van der Waals surface area contributed by atoms with Crippen LogP contribution in [0, 0.1) is 0 Å². The van der Waals surface area contributed by atoms with Crippen LogP contribution < -0.4 is 0 Å². The van der Waals surface area contributed by atoms with Crippen LogP contribution in [-0.2, 0) is 4.79 Å². The van der Waals surface area contributed by atoms with E-state index in [1.54, 1.807) is 6.92 Å². The van der Waals surface area contributed by atoms with Crippen LogP contribution in [-0.4, -0.2) is 10.9 Å². The molecule has 0 bridgehead atoms. The van der Waals surface area contributed by atoms with Gasteiger partial charge in [0, 0.05) is 12.7 Å². The first kappa shape index (κ1) is 21.1. The molecule has 0 amide bonds. The Morgan fingerprint density at radius 1 is 1.12 bits per heavy atom. The molecule has 0 fully saturated rings. The maximum Gasteiger partial charge on any atom is 0.185 e. The van der Waals surface area contributed by atoms with E-state index < -0.39 is 0 Å². The molecule has 0 aliphatic heterocycles. The molecule has 0 aromatic heterocycles. The molecule has 0 radical (unpaired) electrons. The second-order valence-electron chi connectivity index (χ2n) is 2.94. The number of unbranched alkanes of at least 4 members (excludes halogenated alkanes) is 1. The lowest BCUT2D eigenvalue weighted by atomic mass is 10.1. The molecule has 0 spiro atoms. The quantitative estimate of drug-likeness (QED) is 0.579. The molecule has 16 heavy (non-hydrogen) atoms. The summed E-state index contributed by atoms with van der Waals surface area (Å²) in [5.41, 5.74) is 1.28. The fourth-order valence-electron chi connectivity index (χ4n) is 0.891. The Labute approximate surface area is 107 Å². The van der Waals surface area contributed by atoms with Crippen LogP contribution in [0.25, 0.3) is 0 Å². The van der Waals surface area contributed by atoms with Crippen LogP contribution >= 0.6 is 11.8 Å². The van der Waals surface area contributed by atoms with Crippen molar-refractivity contribution in [2.45, 2.75) is 67.2 Å². The lowest BCUT2D eigenvalue weighted by Crippen LogP contribution is -1.89. The van der Waals surface area contributed by atoms with E-state index in [2.05, 4.69) is 13.5 Å². The molecule has 0 saturated heterocycles. The van der Waals surface area contributed by atoms with E-state index in [4.69, 9.17) is 0 Å². The fraction of sp³-hybridized carbons (Fsp3) is 0.786. The van der Waals surface area contributed by atoms with E-state index in [0.29, 0.717) is 0 Å². The molecule has 0 aromatic rings. The average Bonchev–Trinajstić information content (AvgIpc) is 2.31. The number of carbonyl (C=O) groups excluding carboxylic acids is 1. The number of thioether (sulfide) groups is 1. The first-order chi connectivity index (χ1) is 7.66. The summed E-state index contributed by atoms with van der Waals surface area (Å²) in [6.07, 6.45) is 4.56. The van der Waals surface area contributed by atoms with Crippen LogP contribution in [0.2, 0.25) is 0 Å². The van der Waals surface area contributed by atoms with Crippen molar-refractivity contribution in [3.8, 4) is 0 Å². The van der Waals surface area contributed by atoms with Crippen molar-refractivity contribution in [1.29, 1.82) is 0 Å². The Morgan fingerprint density at radius 3 is 2.00 bits per heavy atom. The lowest BCUT2D eigenvalue weighted by molar-refractivity contribution is -0.109. The molecule has 0 aromatic carbocycles. The third kappa shape index (κ3) is 23.5. The second kappa shape index (κ2) is 20.2. The molecule has 0 heterocycles. The van der Waals surface area contributed by atoms with Gasteiger partial charge < -0.3 is 0 Å². The van der Waals surface area contributed by atoms with Gasteiger partial charge in [0.1, 0.15) is 0 Å². The Morgan fingerprint density at radius 2 is 1.62 bits per heavy atom. The van der Waals surface area contributed by atoms with Gasteiger partial charge in [-0.25, -0.2) is 0 Å².